The Kier molecular flexibility index (Phi) is 5.33. The lowest BCUT2D eigenvalue weighted by atomic mass is 9.67. The number of allylic oxidation sites excluding steroid dienone is 2. The van der Waals surface area contributed by atoms with Gasteiger partial charge in [-0.05, 0) is 54.7 Å². The molecule has 3 rings (SSSR count). The molecule has 1 heterocycles. The molecule has 3 heteroatoms. The molecule has 0 amide bonds. The molecule has 0 radical (unpaired) electrons. The van der Waals surface area contributed by atoms with Crippen LogP contribution in [0.2, 0.25) is 0 Å². The van der Waals surface area contributed by atoms with E-state index >= 15 is 0 Å². The first kappa shape index (κ1) is 18.2. The zero-order valence-corrected chi connectivity index (χ0v) is 16.0. The number of ketones is 1. The number of aryl methyl sites for hydroxylation is 3. The van der Waals surface area contributed by atoms with Gasteiger partial charge < -0.3 is 9.47 Å². The van der Waals surface area contributed by atoms with Crippen LogP contribution in [0.1, 0.15) is 61.8 Å². The molecule has 0 aromatic heterocycles. The fourth-order valence-electron chi connectivity index (χ4n) is 4.51. The van der Waals surface area contributed by atoms with Gasteiger partial charge in [0, 0.05) is 26.1 Å². The molecule has 25 heavy (non-hydrogen) atoms. The smallest absolute Gasteiger partial charge is 0.167 e. The van der Waals surface area contributed by atoms with E-state index in [2.05, 4.69) is 32.9 Å². The van der Waals surface area contributed by atoms with Crippen LogP contribution in [0.3, 0.4) is 0 Å². The number of ether oxygens (including phenoxy) is 2. The van der Waals surface area contributed by atoms with Crippen LogP contribution >= 0.6 is 0 Å². The number of Topliss-reactive ketones (excluding diaryl/α,β-unsaturated/α-hetero) is 1. The first-order chi connectivity index (χ1) is 12.0. The summed E-state index contributed by atoms with van der Waals surface area (Å²) in [5.74, 6) is 1.13. The fourth-order valence-corrected chi connectivity index (χ4v) is 4.51. The molecule has 0 saturated carbocycles. The molecular formula is C22H30O3. The standard InChI is InChI=1S/C22H30O3/c1-5-16-11-15(3)12-17(6-2)20(16)21-18(23)13-22(14-19(21)24-4)7-9-25-10-8-22/h11-12H,5-10,13-14H2,1-4H3. The van der Waals surface area contributed by atoms with Crippen molar-refractivity contribution in [3.05, 3.63) is 40.1 Å². The highest BCUT2D eigenvalue weighted by Gasteiger charge is 2.42. The van der Waals surface area contributed by atoms with Crippen LogP contribution in [-0.2, 0) is 27.1 Å². The summed E-state index contributed by atoms with van der Waals surface area (Å²) in [4.78, 5) is 13.3. The van der Waals surface area contributed by atoms with Gasteiger partial charge in [0.05, 0.1) is 12.7 Å². The largest absolute Gasteiger partial charge is 0.500 e. The van der Waals surface area contributed by atoms with Crippen molar-refractivity contribution in [2.24, 2.45) is 5.41 Å². The molecule has 1 saturated heterocycles. The van der Waals surface area contributed by atoms with E-state index in [1.54, 1.807) is 7.11 Å². The van der Waals surface area contributed by atoms with Gasteiger partial charge in [-0.1, -0.05) is 31.5 Å². The zero-order chi connectivity index (χ0) is 18.0. The van der Waals surface area contributed by atoms with Crippen LogP contribution in [0.4, 0.5) is 0 Å². The molecule has 2 aliphatic rings. The molecule has 1 spiro atoms. The van der Waals surface area contributed by atoms with Crippen LogP contribution in [-0.4, -0.2) is 26.1 Å². The highest BCUT2D eigenvalue weighted by atomic mass is 16.5. The van der Waals surface area contributed by atoms with Crippen LogP contribution in [0.15, 0.2) is 17.9 Å². The van der Waals surface area contributed by atoms with E-state index in [1.807, 2.05) is 0 Å². The number of methoxy groups -OCH3 is 1. The summed E-state index contributed by atoms with van der Waals surface area (Å²) in [6.07, 6.45) is 5.24. The first-order valence-electron chi connectivity index (χ1n) is 9.54. The van der Waals surface area contributed by atoms with E-state index in [9.17, 15) is 4.79 Å². The number of rotatable bonds is 4. The van der Waals surface area contributed by atoms with E-state index in [-0.39, 0.29) is 11.2 Å². The number of carbonyl (C=O) groups is 1. The molecule has 3 nitrogen and oxygen atoms in total. The molecular weight excluding hydrogens is 312 g/mol. The average molecular weight is 342 g/mol. The number of benzene rings is 1. The fraction of sp³-hybridized carbons (Fsp3) is 0.591. The van der Waals surface area contributed by atoms with E-state index in [4.69, 9.17) is 9.47 Å². The third-order valence-corrected chi connectivity index (χ3v) is 5.89. The van der Waals surface area contributed by atoms with E-state index in [1.165, 1.54) is 16.7 Å². The highest BCUT2D eigenvalue weighted by Crippen LogP contribution is 2.48. The Morgan fingerprint density at radius 2 is 1.68 bits per heavy atom. The van der Waals surface area contributed by atoms with Crippen molar-refractivity contribution in [1.82, 2.24) is 0 Å². The third-order valence-electron chi connectivity index (χ3n) is 5.89. The Balaban J connectivity index is 2.13. The maximum atomic E-state index is 13.3. The van der Waals surface area contributed by atoms with Gasteiger partial charge in [-0.15, -0.1) is 0 Å². The molecule has 0 atom stereocenters. The normalized spacial score (nSPS) is 20.2. The van der Waals surface area contributed by atoms with Gasteiger partial charge in [-0.3, -0.25) is 4.79 Å². The Labute approximate surface area is 151 Å². The topological polar surface area (TPSA) is 35.5 Å². The molecule has 136 valence electrons. The summed E-state index contributed by atoms with van der Waals surface area (Å²) >= 11 is 0. The van der Waals surface area contributed by atoms with Crippen LogP contribution in [0, 0.1) is 12.3 Å². The minimum Gasteiger partial charge on any atom is -0.500 e. The molecule has 1 aromatic rings. The zero-order valence-electron chi connectivity index (χ0n) is 16.0. The molecule has 1 aliphatic heterocycles. The lowest BCUT2D eigenvalue weighted by Gasteiger charge is -2.41. The van der Waals surface area contributed by atoms with Crippen molar-refractivity contribution in [2.45, 2.75) is 59.3 Å². The monoisotopic (exact) mass is 342 g/mol. The Morgan fingerprint density at radius 3 is 2.20 bits per heavy atom. The number of carbonyl (C=O) groups excluding carboxylic acids is 1. The second-order valence-electron chi connectivity index (χ2n) is 7.56. The summed E-state index contributed by atoms with van der Waals surface area (Å²) in [5, 5.41) is 0. The summed E-state index contributed by atoms with van der Waals surface area (Å²) in [7, 11) is 1.71. The van der Waals surface area contributed by atoms with Gasteiger partial charge >= 0.3 is 0 Å². The van der Waals surface area contributed by atoms with Crippen molar-refractivity contribution in [2.75, 3.05) is 20.3 Å². The SMILES string of the molecule is CCc1cc(C)cc(CC)c1C1=C(OC)CC2(CCOCC2)CC1=O. The molecule has 0 bridgehead atoms. The Morgan fingerprint density at radius 1 is 1.08 bits per heavy atom. The Hall–Kier alpha value is -1.61. The van der Waals surface area contributed by atoms with Gasteiger partial charge in [0.15, 0.2) is 5.78 Å². The highest BCUT2D eigenvalue weighted by molar-refractivity contribution is 6.23. The quantitative estimate of drug-likeness (QED) is 0.800. The third kappa shape index (κ3) is 3.39. The van der Waals surface area contributed by atoms with Crippen molar-refractivity contribution in [3.8, 4) is 0 Å². The summed E-state index contributed by atoms with van der Waals surface area (Å²) < 4.78 is 11.3. The lowest BCUT2D eigenvalue weighted by Crippen LogP contribution is -2.36. The number of hydrogen-bond donors (Lipinski definition) is 0. The molecule has 1 fully saturated rings. The van der Waals surface area contributed by atoms with Crippen LogP contribution in [0.5, 0.6) is 0 Å². The maximum Gasteiger partial charge on any atom is 0.167 e. The van der Waals surface area contributed by atoms with Gasteiger partial charge in [-0.25, -0.2) is 0 Å². The van der Waals surface area contributed by atoms with Gasteiger partial charge in [-0.2, -0.15) is 0 Å². The minimum absolute atomic E-state index is 0.0353. The molecule has 1 aliphatic carbocycles. The predicted molar refractivity (Wildman–Crippen MR) is 101 cm³/mol. The Bertz CT molecular complexity index is 668. The van der Waals surface area contributed by atoms with Gasteiger partial charge in [0.1, 0.15) is 5.76 Å². The molecule has 1 aromatic carbocycles. The van der Waals surface area contributed by atoms with E-state index in [0.717, 1.165) is 62.2 Å². The van der Waals surface area contributed by atoms with Crippen molar-refractivity contribution < 1.29 is 14.3 Å². The van der Waals surface area contributed by atoms with Crippen molar-refractivity contribution in [1.29, 1.82) is 0 Å². The van der Waals surface area contributed by atoms with Crippen LogP contribution in [0.25, 0.3) is 5.57 Å². The summed E-state index contributed by atoms with van der Waals surface area (Å²) in [6, 6.07) is 4.45. The molecule has 0 unspecified atom stereocenters. The maximum absolute atomic E-state index is 13.3. The second-order valence-corrected chi connectivity index (χ2v) is 7.56. The number of hydrogen-bond acceptors (Lipinski definition) is 3. The minimum atomic E-state index is 0.0353. The van der Waals surface area contributed by atoms with E-state index in [0.29, 0.717) is 6.42 Å². The summed E-state index contributed by atoms with van der Waals surface area (Å²) in [6.45, 7) is 7.97. The van der Waals surface area contributed by atoms with Crippen LogP contribution < -0.4 is 0 Å². The van der Waals surface area contributed by atoms with Crippen molar-refractivity contribution >= 4 is 11.4 Å². The average Bonchev–Trinajstić information content (AvgIpc) is 2.61. The molecule has 0 N–H and O–H groups in total. The second kappa shape index (κ2) is 7.33. The lowest BCUT2D eigenvalue weighted by molar-refractivity contribution is -0.119. The van der Waals surface area contributed by atoms with Gasteiger partial charge in [0.2, 0.25) is 0 Å². The first-order valence-corrected chi connectivity index (χ1v) is 9.54. The van der Waals surface area contributed by atoms with E-state index < -0.39 is 0 Å². The predicted octanol–water partition coefficient (Wildman–Crippen LogP) is 4.64. The van der Waals surface area contributed by atoms with Crippen molar-refractivity contribution in [3.63, 3.8) is 0 Å². The summed E-state index contributed by atoms with van der Waals surface area (Å²) in [5.41, 5.74) is 5.80. The van der Waals surface area contributed by atoms with Gasteiger partial charge in [0.25, 0.3) is 0 Å².